The maximum absolute atomic E-state index is 12.5. The summed E-state index contributed by atoms with van der Waals surface area (Å²) in [6.45, 7) is 6.71. The van der Waals surface area contributed by atoms with Gasteiger partial charge in [-0.3, -0.25) is 9.59 Å². The Balaban J connectivity index is 2.06. The minimum atomic E-state index is -0.606. The molecule has 2 rings (SSSR count). The summed E-state index contributed by atoms with van der Waals surface area (Å²) >= 11 is 1.21. The molecule has 0 aliphatic carbocycles. The van der Waals surface area contributed by atoms with E-state index in [0.29, 0.717) is 21.7 Å². The molecule has 0 aliphatic heterocycles. The molecule has 30 heavy (non-hydrogen) atoms. The van der Waals surface area contributed by atoms with Crippen molar-refractivity contribution >= 4 is 35.1 Å². The molecule has 0 saturated heterocycles. The van der Waals surface area contributed by atoms with E-state index in [9.17, 15) is 14.4 Å². The molecule has 0 heterocycles. The minimum absolute atomic E-state index is 0.173. The highest BCUT2D eigenvalue weighted by Crippen LogP contribution is 2.28. The number of hydrogen-bond donors (Lipinski definition) is 1. The summed E-state index contributed by atoms with van der Waals surface area (Å²) < 4.78 is 5.19. The number of carbonyl (C=O) groups is 3. The Bertz CT molecular complexity index is 989. The molecule has 1 unspecified atom stereocenters. The van der Waals surface area contributed by atoms with Crippen molar-refractivity contribution in [2.24, 2.45) is 5.41 Å². The number of nitrogens with zero attached hydrogens (tertiary/aromatic N) is 1. The lowest BCUT2D eigenvalue weighted by Crippen LogP contribution is -2.26. The van der Waals surface area contributed by atoms with Crippen molar-refractivity contribution in [3.8, 4) is 6.07 Å². The number of benzene rings is 2. The molecule has 156 valence electrons. The third-order valence-electron chi connectivity index (χ3n) is 4.21. The van der Waals surface area contributed by atoms with E-state index >= 15 is 0 Å². The van der Waals surface area contributed by atoms with Crippen molar-refractivity contribution in [1.29, 1.82) is 5.26 Å². The zero-order chi connectivity index (χ0) is 22.3. The van der Waals surface area contributed by atoms with Crippen LogP contribution >= 0.6 is 11.8 Å². The fraction of sp³-hybridized carbons (Fsp3) is 0.304. The second kappa shape index (κ2) is 10.1. The fourth-order valence-corrected chi connectivity index (χ4v) is 3.30. The van der Waals surface area contributed by atoms with Crippen LogP contribution in [0.25, 0.3) is 0 Å². The van der Waals surface area contributed by atoms with Crippen molar-refractivity contribution < 1.29 is 19.1 Å². The van der Waals surface area contributed by atoms with Gasteiger partial charge in [0.1, 0.15) is 0 Å². The second-order valence-electron chi connectivity index (χ2n) is 7.69. The van der Waals surface area contributed by atoms with Crippen LogP contribution in [-0.2, 0) is 14.3 Å². The van der Waals surface area contributed by atoms with Gasteiger partial charge < -0.3 is 10.1 Å². The Morgan fingerprint density at radius 3 is 2.50 bits per heavy atom. The van der Waals surface area contributed by atoms with Crippen LogP contribution in [0.15, 0.2) is 53.4 Å². The summed E-state index contributed by atoms with van der Waals surface area (Å²) in [6.07, 6.45) is 0. The Hall–Kier alpha value is -3.11. The van der Waals surface area contributed by atoms with Gasteiger partial charge in [0.2, 0.25) is 5.91 Å². The molecule has 1 N–H and O–H groups in total. The maximum Gasteiger partial charge on any atom is 0.339 e. The topological polar surface area (TPSA) is 96.3 Å². The Kier molecular flexibility index (Phi) is 7.79. The smallest absolute Gasteiger partial charge is 0.339 e. The lowest BCUT2D eigenvalue weighted by atomic mass is 9.91. The monoisotopic (exact) mass is 424 g/mol. The maximum atomic E-state index is 12.5. The van der Waals surface area contributed by atoms with Gasteiger partial charge in [-0.1, -0.05) is 39.0 Å². The second-order valence-corrected chi connectivity index (χ2v) is 9.07. The Labute approximate surface area is 180 Å². The lowest BCUT2D eigenvalue weighted by Gasteiger charge is -2.17. The molecule has 6 nitrogen and oxygen atoms in total. The number of anilines is 1. The standard InChI is InChI=1S/C23H24N2O4S/c1-15(21(27)25-17-9-7-8-16(12-17)13-24)30-19-11-6-5-10-18(19)22(28)29-14-20(26)23(2,3)4/h5-12,15H,14H2,1-4H3,(H,25,27). The molecule has 0 radical (unpaired) electrons. The van der Waals surface area contributed by atoms with Crippen molar-refractivity contribution in [1.82, 2.24) is 0 Å². The predicted molar refractivity (Wildman–Crippen MR) is 116 cm³/mol. The van der Waals surface area contributed by atoms with E-state index in [1.807, 2.05) is 6.07 Å². The number of thioether (sulfide) groups is 1. The lowest BCUT2D eigenvalue weighted by molar-refractivity contribution is -0.129. The first-order chi connectivity index (χ1) is 14.1. The third-order valence-corrected chi connectivity index (χ3v) is 5.39. The largest absolute Gasteiger partial charge is 0.454 e. The van der Waals surface area contributed by atoms with E-state index in [4.69, 9.17) is 10.00 Å². The highest BCUT2D eigenvalue weighted by atomic mass is 32.2. The van der Waals surface area contributed by atoms with Crippen LogP contribution in [0, 0.1) is 16.7 Å². The molecular formula is C23H24N2O4S. The number of ketones is 1. The van der Waals surface area contributed by atoms with E-state index < -0.39 is 16.6 Å². The summed E-state index contributed by atoms with van der Waals surface area (Å²) in [6, 6.07) is 15.5. The number of rotatable bonds is 7. The molecule has 0 fully saturated rings. The van der Waals surface area contributed by atoms with Crippen LogP contribution in [0.1, 0.15) is 43.6 Å². The number of amides is 1. The normalized spacial score (nSPS) is 11.8. The van der Waals surface area contributed by atoms with Crippen molar-refractivity contribution in [2.45, 2.75) is 37.8 Å². The molecule has 1 atom stereocenters. The minimum Gasteiger partial charge on any atom is -0.454 e. The van der Waals surface area contributed by atoms with Crippen LogP contribution in [0.5, 0.6) is 0 Å². The SMILES string of the molecule is CC(Sc1ccccc1C(=O)OCC(=O)C(C)(C)C)C(=O)Nc1cccc(C#N)c1. The molecule has 0 aliphatic rings. The third kappa shape index (κ3) is 6.46. The Morgan fingerprint density at radius 1 is 1.13 bits per heavy atom. The van der Waals surface area contributed by atoms with E-state index in [1.165, 1.54) is 11.8 Å². The van der Waals surface area contributed by atoms with Crippen LogP contribution in [0.2, 0.25) is 0 Å². The van der Waals surface area contributed by atoms with E-state index in [2.05, 4.69) is 5.32 Å². The predicted octanol–water partition coefficient (Wildman–Crippen LogP) is 4.45. The molecule has 0 saturated carbocycles. The number of esters is 1. The fourth-order valence-electron chi connectivity index (χ4n) is 2.32. The number of carbonyl (C=O) groups excluding carboxylic acids is 3. The number of hydrogen-bond acceptors (Lipinski definition) is 6. The van der Waals surface area contributed by atoms with Gasteiger partial charge in [0.25, 0.3) is 0 Å². The van der Waals surface area contributed by atoms with Gasteiger partial charge in [-0.15, -0.1) is 11.8 Å². The number of Topliss-reactive ketones (excluding diaryl/α,β-unsaturated/α-hetero) is 1. The molecule has 2 aromatic rings. The first-order valence-corrected chi connectivity index (χ1v) is 10.3. The van der Waals surface area contributed by atoms with Crippen LogP contribution < -0.4 is 5.32 Å². The summed E-state index contributed by atoms with van der Waals surface area (Å²) in [5.74, 6) is -1.04. The number of ether oxygens (including phenoxy) is 1. The highest BCUT2D eigenvalue weighted by molar-refractivity contribution is 8.00. The van der Waals surface area contributed by atoms with Crippen LogP contribution in [0.4, 0.5) is 5.69 Å². The first kappa shape index (κ1) is 23.2. The molecule has 0 aromatic heterocycles. The van der Waals surface area contributed by atoms with Crippen LogP contribution in [-0.4, -0.2) is 29.5 Å². The molecule has 0 bridgehead atoms. The van der Waals surface area contributed by atoms with Crippen molar-refractivity contribution in [3.63, 3.8) is 0 Å². The molecular weight excluding hydrogens is 400 g/mol. The van der Waals surface area contributed by atoms with Crippen LogP contribution in [0.3, 0.4) is 0 Å². The molecule has 0 spiro atoms. The average Bonchev–Trinajstić information content (AvgIpc) is 2.71. The summed E-state index contributed by atoms with van der Waals surface area (Å²) in [5.41, 5.74) is 0.686. The van der Waals surface area contributed by atoms with Gasteiger partial charge in [-0.05, 0) is 37.3 Å². The van der Waals surface area contributed by atoms with Crippen molar-refractivity contribution in [3.05, 3.63) is 59.7 Å². The zero-order valence-corrected chi connectivity index (χ0v) is 18.2. The number of nitrogens with one attached hydrogen (secondary N) is 1. The molecule has 1 amide bonds. The van der Waals surface area contributed by atoms with Gasteiger partial charge in [0.15, 0.2) is 12.4 Å². The average molecular weight is 425 g/mol. The Morgan fingerprint density at radius 2 is 1.83 bits per heavy atom. The highest BCUT2D eigenvalue weighted by Gasteiger charge is 2.24. The first-order valence-electron chi connectivity index (χ1n) is 9.39. The quantitative estimate of drug-likeness (QED) is 0.521. The summed E-state index contributed by atoms with van der Waals surface area (Å²) in [5, 5.41) is 11.2. The summed E-state index contributed by atoms with van der Waals surface area (Å²) in [7, 11) is 0. The molecule has 2 aromatic carbocycles. The van der Waals surface area contributed by atoms with E-state index in [1.54, 1.807) is 76.2 Å². The van der Waals surface area contributed by atoms with Crippen molar-refractivity contribution in [2.75, 3.05) is 11.9 Å². The van der Waals surface area contributed by atoms with Gasteiger partial charge in [-0.25, -0.2) is 4.79 Å². The van der Waals surface area contributed by atoms with Gasteiger partial charge in [0.05, 0.1) is 22.4 Å². The van der Waals surface area contributed by atoms with Gasteiger partial charge in [0, 0.05) is 16.0 Å². The number of nitriles is 1. The zero-order valence-electron chi connectivity index (χ0n) is 17.4. The molecule has 7 heteroatoms. The van der Waals surface area contributed by atoms with Gasteiger partial charge >= 0.3 is 5.97 Å². The summed E-state index contributed by atoms with van der Waals surface area (Å²) in [4.78, 5) is 37.6. The van der Waals surface area contributed by atoms with Gasteiger partial charge in [-0.2, -0.15) is 5.26 Å². The van der Waals surface area contributed by atoms with E-state index in [0.717, 1.165) is 0 Å². The van der Waals surface area contributed by atoms with E-state index in [-0.39, 0.29) is 18.3 Å².